The van der Waals surface area contributed by atoms with Gasteiger partial charge in [0.1, 0.15) is 0 Å². The molecule has 1 aliphatic heterocycles. The van der Waals surface area contributed by atoms with E-state index in [4.69, 9.17) is 9.84 Å². The summed E-state index contributed by atoms with van der Waals surface area (Å²) in [6.45, 7) is 3.45. The first-order valence-electron chi connectivity index (χ1n) is 5.22. The molecule has 2 rings (SSSR count). The van der Waals surface area contributed by atoms with Crippen molar-refractivity contribution in [3.8, 4) is 0 Å². The van der Waals surface area contributed by atoms with E-state index < -0.39 is 0 Å². The third kappa shape index (κ3) is 2.99. The number of rotatable bonds is 3. The molecule has 0 aromatic carbocycles. The molecule has 1 saturated heterocycles. The summed E-state index contributed by atoms with van der Waals surface area (Å²) in [6.07, 6.45) is 3.58. The fraction of sp³-hybridized carbons (Fsp3) is 0.545. The molecule has 15 heavy (non-hydrogen) atoms. The van der Waals surface area contributed by atoms with Crippen LogP contribution in [0.25, 0.3) is 0 Å². The lowest BCUT2D eigenvalue weighted by atomic mass is 10.2. The molecule has 1 N–H and O–H groups in total. The topological polar surface area (TPSA) is 45.6 Å². The minimum absolute atomic E-state index is 0.0272. The number of ether oxygens (including phenoxy) is 1. The summed E-state index contributed by atoms with van der Waals surface area (Å²) in [5.41, 5.74) is 1.25. The van der Waals surface area contributed by atoms with Crippen molar-refractivity contribution < 1.29 is 9.84 Å². The van der Waals surface area contributed by atoms with Gasteiger partial charge < -0.3 is 9.84 Å². The summed E-state index contributed by atoms with van der Waals surface area (Å²) in [5, 5.41) is 9.01. The van der Waals surface area contributed by atoms with Crippen LogP contribution in [-0.2, 0) is 11.3 Å². The Morgan fingerprint density at radius 3 is 3.00 bits per heavy atom. The molecule has 1 fully saturated rings. The van der Waals surface area contributed by atoms with E-state index in [-0.39, 0.29) is 12.7 Å². The molecule has 1 aromatic rings. The second-order valence-corrected chi connectivity index (χ2v) is 3.77. The maximum absolute atomic E-state index is 9.01. The van der Waals surface area contributed by atoms with Crippen LogP contribution >= 0.6 is 0 Å². The van der Waals surface area contributed by atoms with E-state index in [0.29, 0.717) is 6.61 Å². The van der Waals surface area contributed by atoms with E-state index in [0.717, 1.165) is 19.6 Å². The summed E-state index contributed by atoms with van der Waals surface area (Å²) in [5.74, 6) is 0. The Kier molecular flexibility index (Phi) is 3.66. The smallest absolute Gasteiger partial charge is 0.0933 e. The minimum atomic E-state index is -0.0272. The van der Waals surface area contributed by atoms with E-state index in [2.05, 4.69) is 9.88 Å². The molecule has 0 spiro atoms. The fourth-order valence-electron chi connectivity index (χ4n) is 1.78. The summed E-state index contributed by atoms with van der Waals surface area (Å²) >= 11 is 0. The van der Waals surface area contributed by atoms with Crippen molar-refractivity contribution in [3.05, 3.63) is 30.1 Å². The molecule has 4 heteroatoms. The average molecular weight is 208 g/mol. The monoisotopic (exact) mass is 208 g/mol. The molecular formula is C11H16N2O2. The molecule has 1 aromatic heterocycles. The lowest BCUT2D eigenvalue weighted by Gasteiger charge is -2.31. The molecule has 0 amide bonds. The molecule has 82 valence electrons. The van der Waals surface area contributed by atoms with Gasteiger partial charge in [0.05, 0.1) is 19.3 Å². The maximum Gasteiger partial charge on any atom is 0.0933 e. The van der Waals surface area contributed by atoms with Crippen LogP contribution in [-0.4, -0.2) is 47.4 Å². The van der Waals surface area contributed by atoms with Crippen molar-refractivity contribution in [3.63, 3.8) is 0 Å². The van der Waals surface area contributed by atoms with Gasteiger partial charge in [0.2, 0.25) is 0 Å². The van der Waals surface area contributed by atoms with Crippen molar-refractivity contribution in [2.75, 3.05) is 26.3 Å². The van der Waals surface area contributed by atoms with Crippen LogP contribution in [0.3, 0.4) is 0 Å². The lowest BCUT2D eigenvalue weighted by molar-refractivity contribution is -0.0551. The summed E-state index contributed by atoms with van der Waals surface area (Å²) in [7, 11) is 0. The zero-order chi connectivity index (χ0) is 10.5. The highest BCUT2D eigenvalue weighted by molar-refractivity contribution is 5.09. The first kappa shape index (κ1) is 10.5. The zero-order valence-electron chi connectivity index (χ0n) is 8.67. The standard InChI is InChI=1S/C11H16N2O2/c14-9-11-8-13(5-6-15-11)7-10-1-3-12-4-2-10/h1-4,11,14H,5-9H2. The minimum Gasteiger partial charge on any atom is -0.394 e. The van der Waals surface area contributed by atoms with Gasteiger partial charge in [-0.25, -0.2) is 0 Å². The van der Waals surface area contributed by atoms with Crippen molar-refractivity contribution in [1.82, 2.24) is 9.88 Å². The van der Waals surface area contributed by atoms with E-state index in [1.165, 1.54) is 5.56 Å². The van der Waals surface area contributed by atoms with Crippen LogP contribution in [0.5, 0.6) is 0 Å². The lowest BCUT2D eigenvalue weighted by Crippen LogP contribution is -2.43. The van der Waals surface area contributed by atoms with Gasteiger partial charge in [-0.2, -0.15) is 0 Å². The van der Waals surface area contributed by atoms with Gasteiger partial charge in [0, 0.05) is 32.0 Å². The molecule has 0 bridgehead atoms. The second-order valence-electron chi connectivity index (χ2n) is 3.77. The molecule has 1 aliphatic rings. The summed E-state index contributed by atoms with van der Waals surface area (Å²) < 4.78 is 5.39. The highest BCUT2D eigenvalue weighted by atomic mass is 16.5. The van der Waals surface area contributed by atoms with Crippen LogP contribution in [0.4, 0.5) is 0 Å². The number of aliphatic hydroxyl groups excluding tert-OH is 1. The largest absolute Gasteiger partial charge is 0.394 e. The van der Waals surface area contributed by atoms with Crippen LogP contribution in [0.15, 0.2) is 24.5 Å². The van der Waals surface area contributed by atoms with Crippen molar-refractivity contribution >= 4 is 0 Å². The van der Waals surface area contributed by atoms with Gasteiger partial charge in [-0.1, -0.05) is 0 Å². The van der Waals surface area contributed by atoms with Crippen LogP contribution in [0.2, 0.25) is 0 Å². The number of nitrogens with zero attached hydrogens (tertiary/aromatic N) is 2. The van der Waals surface area contributed by atoms with E-state index in [1.807, 2.05) is 12.1 Å². The number of aliphatic hydroxyl groups is 1. The first-order valence-corrected chi connectivity index (χ1v) is 5.22. The van der Waals surface area contributed by atoms with Gasteiger partial charge in [0.15, 0.2) is 0 Å². The fourth-order valence-corrected chi connectivity index (χ4v) is 1.78. The number of pyridine rings is 1. The Labute approximate surface area is 89.5 Å². The predicted molar refractivity (Wildman–Crippen MR) is 56.3 cm³/mol. The van der Waals surface area contributed by atoms with Gasteiger partial charge in [-0.05, 0) is 17.7 Å². The Hall–Kier alpha value is -0.970. The normalized spacial score (nSPS) is 22.9. The van der Waals surface area contributed by atoms with Gasteiger partial charge in [0.25, 0.3) is 0 Å². The SMILES string of the molecule is OCC1CN(Cc2ccncc2)CCO1. The maximum atomic E-state index is 9.01. The van der Waals surface area contributed by atoms with Gasteiger partial charge >= 0.3 is 0 Å². The highest BCUT2D eigenvalue weighted by Crippen LogP contribution is 2.09. The molecule has 2 heterocycles. The summed E-state index contributed by atoms with van der Waals surface area (Å²) in [6, 6.07) is 4.03. The van der Waals surface area contributed by atoms with Crippen LogP contribution in [0.1, 0.15) is 5.56 Å². The molecule has 1 unspecified atom stereocenters. The molecule has 1 atom stereocenters. The van der Waals surface area contributed by atoms with Crippen molar-refractivity contribution in [1.29, 1.82) is 0 Å². The Bertz CT molecular complexity index is 292. The molecule has 0 saturated carbocycles. The number of hydrogen-bond donors (Lipinski definition) is 1. The summed E-state index contributed by atoms with van der Waals surface area (Å²) in [4.78, 5) is 6.28. The average Bonchev–Trinajstić information content (AvgIpc) is 2.31. The van der Waals surface area contributed by atoms with E-state index in [1.54, 1.807) is 12.4 Å². The third-order valence-electron chi connectivity index (χ3n) is 2.58. The Morgan fingerprint density at radius 2 is 2.27 bits per heavy atom. The number of morpholine rings is 1. The third-order valence-corrected chi connectivity index (χ3v) is 2.58. The van der Waals surface area contributed by atoms with Crippen molar-refractivity contribution in [2.24, 2.45) is 0 Å². The zero-order valence-corrected chi connectivity index (χ0v) is 8.67. The molecule has 4 nitrogen and oxygen atoms in total. The van der Waals surface area contributed by atoms with Crippen LogP contribution in [0, 0.1) is 0 Å². The van der Waals surface area contributed by atoms with Gasteiger partial charge in [-0.3, -0.25) is 9.88 Å². The Balaban J connectivity index is 1.89. The molecular weight excluding hydrogens is 192 g/mol. The van der Waals surface area contributed by atoms with Gasteiger partial charge in [-0.15, -0.1) is 0 Å². The number of hydrogen-bond acceptors (Lipinski definition) is 4. The van der Waals surface area contributed by atoms with E-state index >= 15 is 0 Å². The second kappa shape index (κ2) is 5.21. The number of aromatic nitrogens is 1. The molecule has 0 radical (unpaired) electrons. The highest BCUT2D eigenvalue weighted by Gasteiger charge is 2.19. The quantitative estimate of drug-likeness (QED) is 0.774. The van der Waals surface area contributed by atoms with Crippen molar-refractivity contribution in [2.45, 2.75) is 12.6 Å². The first-order chi connectivity index (χ1) is 7.38. The van der Waals surface area contributed by atoms with Crippen LogP contribution < -0.4 is 0 Å². The van der Waals surface area contributed by atoms with E-state index in [9.17, 15) is 0 Å². The molecule has 0 aliphatic carbocycles. The predicted octanol–water partition coefficient (Wildman–Crippen LogP) is 0.275. The Morgan fingerprint density at radius 1 is 1.47 bits per heavy atom.